The number of amides is 2. The Bertz CT molecular complexity index is 963. The number of rotatable bonds is 4. The van der Waals surface area contributed by atoms with E-state index in [9.17, 15) is 14.0 Å². The molecule has 1 heterocycles. The Morgan fingerprint density at radius 3 is 2.70 bits per heavy atom. The van der Waals surface area contributed by atoms with Crippen LogP contribution in [0.15, 0.2) is 35.2 Å². The van der Waals surface area contributed by atoms with Gasteiger partial charge >= 0.3 is 0 Å². The molecule has 1 aliphatic heterocycles. The van der Waals surface area contributed by atoms with Crippen molar-refractivity contribution < 1.29 is 18.7 Å². The predicted molar refractivity (Wildman–Crippen MR) is 121 cm³/mol. The molecule has 27 heavy (non-hydrogen) atoms. The number of nitrogens with zero attached hydrogens (tertiary/aromatic N) is 1. The molecule has 0 aliphatic carbocycles. The minimum Gasteiger partial charge on any atom is -0.495 e. The van der Waals surface area contributed by atoms with E-state index in [0.29, 0.717) is 11.3 Å². The van der Waals surface area contributed by atoms with Gasteiger partial charge in [-0.2, -0.15) is 0 Å². The monoisotopic (exact) mass is 629 g/mol. The van der Waals surface area contributed by atoms with Crippen molar-refractivity contribution in [2.45, 2.75) is 6.54 Å². The zero-order chi connectivity index (χ0) is 19.7. The van der Waals surface area contributed by atoms with Crippen molar-refractivity contribution in [3.63, 3.8) is 0 Å². The maximum absolute atomic E-state index is 14.0. The minimum atomic E-state index is -0.556. The van der Waals surface area contributed by atoms with Crippen LogP contribution in [0.2, 0.25) is 5.02 Å². The van der Waals surface area contributed by atoms with E-state index in [-0.39, 0.29) is 22.0 Å². The number of carbonyl (C=O) groups excluding carboxylic acids is 2. The third-order valence-corrected chi connectivity index (χ3v) is 6.46. The van der Waals surface area contributed by atoms with Crippen molar-refractivity contribution in [1.82, 2.24) is 4.90 Å². The summed E-state index contributed by atoms with van der Waals surface area (Å²) in [5.74, 6) is -0.417. The topological polar surface area (TPSA) is 46.6 Å². The quantitative estimate of drug-likeness (QED) is 0.311. The van der Waals surface area contributed by atoms with Crippen LogP contribution in [0.3, 0.4) is 0 Å². The van der Waals surface area contributed by atoms with Gasteiger partial charge in [-0.15, -0.1) is 0 Å². The number of methoxy groups -OCH3 is 1. The first-order valence-corrected chi connectivity index (χ1v) is 10.9. The molecule has 0 N–H and O–H groups in total. The molecule has 4 nitrogen and oxygen atoms in total. The van der Waals surface area contributed by atoms with Gasteiger partial charge in [0.1, 0.15) is 11.6 Å². The fourth-order valence-corrected chi connectivity index (χ4v) is 5.68. The Labute approximate surface area is 191 Å². The van der Waals surface area contributed by atoms with E-state index >= 15 is 0 Å². The highest BCUT2D eigenvalue weighted by Crippen LogP contribution is 2.37. The molecule has 2 aromatic rings. The van der Waals surface area contributed by atoms with Gasteiger partial charge in [-0.3, -0.25) is 14.5 Å². The van der Waals surface area contributed by atoms with Crippen molar-refractivity contribution >= 4 is 85.8 Å². The molecule has 3 rings (SSSR count). The zero-order valence-corrected chi connectivity index (χ0v) is 19.7. The maximum Gasteiger partial charge on any atom is 0.293 e. The number of thioether (sulfide) groups is 1. The van der Waals surface area contributed by atoms with E-state index < -0.39 is 17.0 Å². The number of carbonyl (C=O) groups is 2. The highest BCUT2D eigenvalue weighted by Gasteiger charge is 2.36. The fourth-order valence-electron chi connectivity index (χ4n) is 2.52. The smallest absolute Gasteiger partial charge is 0.293 e. The molecule has 0 radical (unpaired) electrons. The summed E-state index contributed by atoms with van der Waals surface area (Å²) in [5, 5.41) is -0.295. The van der Waals surface area contributed by atoms with Crippen LogP contribution in [0.5, 0.6) is 5.75 Å². The molecular formula is C18H11ClFI2NO3S. The number of benzene rings is 2. The van der Waals surface area contributed by atoms with Crippen LogP contribution in [0.25, 0.3) is 6.08 Å². The Balaban J connectivity index is 1.94. The van der Waals surface area contributed by atoms with Crippen LogP contribution in [0.1, 0.15) is 11.1 Å². The lowest BCUT2D eigenvalue weighted by Crippen LogP contribution is -2.28. The van der Waals surface area contributed by atoms with Crippen molar-refractivity contribution in [2.75, 3.05) is 7.11 Å². The highest BCUT2D eigenvalue weighted by atomic mass is 127. The molecule has 0 atom stereocenters. The lowest BCUT2D eigenvalue weighted by Gasteiger charge is -2.14. The first-order chi connectivity index (χ1) is 12.8. The van der Waals surface area contributed by atoms with Gasteiger partial charge in [0.15, 0.2) is 0 Å². The second kappa shape index (κ2) is 8.66. The summed E-state index contributed by atoms with van der Waals surface area (Å²) in [5.41, 5.74) is 0.812. The Morgan fingerprint density at radius 1 is 1.30 bits per heavy atom. The number of hydrogen-bond donors (Lipinski definition) is 0. The molecule has 1 saturated heterocycles. The van der Waals surface area contributed by atoms with Crippen molar-refractivity contribution in [3.05, 3.63) is 64.3 Å². The normalized spacial score (nSPS) is 15.7. The van der Waals surface area contributed by atoms with Gasteiger partial charge in [-0.25, -0.2) is 4.39 Å². The molecule has 140 valence electrons. The predicted octanol–water partition coefficient (Wildman–Crippen LogP) is 5.93. The molecule has 0 bridgehead atoms. The zero-order valence-electron chi connectivity index (χ0n) is 13.8. The van der Waals surface area contributed by atoms with E-state index in [1.54, 1.807) is 13.2 Å². The van der Waals surface area contributed by atoms with Crippen LogP contribution in [-0.2, 0) is 11.3 Å². The first-order valence-electron chi connectivity index (χ1n) is 7.53. The average Bonchev–Trinajstić information content (AvgIpc) is 2.85. The standard InChI is InChI=1S/C18H11ClFI2NO3S/c1-26-16-9(5-10(21)7-14(16)22)6-15-17(24)23(18(25)27-15)8-11-12(19)3-2-4-13(11)20/h2-7H,8H2,1H3/b15-6-. The van der Waals surface area contributed by atoms with Gasteiger partial charge in [0.2, 0.25) is 0 Å². The van der Waals surface area contributed by atoms with Crippen molar-refractivity contribution in [3.8, 4) is 5.75 Å². The molecular weight excluding hydrogens is 619 g/mol. The second-order valence-corrected chi connectivity index (χ2v) is 9.29. The van der Waals surface area contributed by atoms with Gasteiger partial charge in [-0.05, 0) is 87.3 Å². The van der Waals surface area contributed by atoms with Crippen LogP contribution >= 0.6 is 68.5 Å². The molecule has 0 spiro atoms. The van der Waals surface area contributed by atoms with Crippen molar-refractivity contribution in [2.24, 2.45) is 0 Å². The molecule has 9 heteroatoms. The summed E-state index contributed by atoms with van der Waals surface area (Å²) in [6, 6.07) is 8.05. The Hall–Kier alpha value is -0.850. The minimum absolute atomic E-state index is 0.115. The second-order valence-electron chi connectivity index (χ2n) is 5.48. The number of hydrogen-bond acceptors (Lipinski definition) is 4. The van der Waals surface area contributed by atoms with Gasteiger partial charge in [0, 0.05) is 19.7 Å². The summed E-state index contributed by atoms with van der Waals surface area (Å²) >= 11 is 11.1. The molecule has 2 amide bonds. The summed E-state index contributed by atoms with van der Waals surface area (Å²) in [4.78, 5) is 26.3. The molecule has 1 fully saturated rings. The van der Waals surface area contributed by atoms with E-state index in [0.717, 1.165) is 23.8 Å². The third-order valence-electron chi connectivity index (χ3n) is 3.78. The Morgan fingerprint density at radius 2 is 2.04 bits per heavy atom. The van der Waals surface area contributed by atoms with Gasteiger partial charge in [-0.1, -0.05) is 17.7 Å². The van der Waals surface area contributed by atoms with Gasteiger partial charge in [0.05, 0.1) is 22.1 Å². The lowest BCUT2D eigenvalue weighted by molar-refractivity contribution is -0.123. The Kier molecular flexibility index (Phi) is 6.70. The average molecular weight is 630 g/mol. The van der Waals surface area contributed by atoms with Crippen LogP contribution in [0, 0.1) is 13.0 Å². The number of ether oxygens (including phenoxy) is 1. The van der Waals surface area contributed by atoms with Crippen LogP contribution in [-0.4, -0.2) is 23.2 Å². The highest BCUT2D eigenvalue weighted by molar-refractivity contribution is 14.1. The maximum atomic E-state index is 14.0. The third kappa shape index (κ3) is 4.43. The summed E-state index contributed by atoms with van der Waals surface area (Å²) in [6.07, 6.45) is 1.62. The van der Waals surface area contributed by atoms with E-state index in [1.165, 1.54) is 18.2 Å². The van der Waals surface area contributed by atoms with Gasteiger partial charge < -0.3 is 4.74 Å². The van der Waals surface area contributed by atoms with Crippen LogP contribution < -0.4 is 4.74 Å². The molecule has 0 unspecified atom stereocenters. The van der Waals surface area contributed by atoms with E-state index in [4.69, 9.17) is 16.3 Å². The lowest BCUT2D eigenvalue weighted by atomic mass is 10.1. The van der Waals surface area contributed by atoms with E-state index in [1.807, 2.05) is 12.1 Å². The summed E-state index contributed by atoms with van der Waals surface area (Å²) in [7, 11) is 1.55. The van der Waals surface area contributed by atoms with E-state index in [2.05, 4.69) is 45.2 Å². The molecule has 2 aromatic carbocycles. The molecule has 0 saturated carbocycles. The largest absolute Gasteiger partial charge is 0.495 e. The van der Waals surface area contributed by atoms with Crippen LogP contribution in [0.4, 0.5) is 9.18 Å². The molecule has 0 aromatic heterocycles. The van der Waals surface area contributed by atoms with Gasteiger partial charge in [0.25, 0.3) is 11.1 Å². The first kappa shape index (κ1) is 20.9. The SMILES string of the molecule is COc1c(I)cc(I)cc1/C=C1\SC(=O)N(Cc2c(F)cccc2Cl)C1=O. The fraction of sp³-hybridized carbons (Fsp3) is 0.111. The number of imide groups is 1. The summed E-state index contributed by atoms with van der Waals surface area (Å²) in [6.45, 7) is -0.214. The summed E-state index contributed by atoms with van der Waals surface area (Å²) < 4.78 is 21.3. The molecule has 1 aliphatic rings. The number of halogens is 4. The van der Waals surface area contributed by atoms with Crippen molar-refractivity contribution in [1.29, 1.82) is 0 Å².